The zero-order valence-corrected chi connectivity index (χ0v) is 9.77. The lowest BCUT2D eigenvalue weighted by Gasteiger charge is -2.54. The first-order chi connectivity index (χ1) is 6.39. The molecule has 1 saturated carbocycles. The summed E-state index contributed by atoms with van der Waals surface area (Å²) in [6.45, 7) is 3.66. The van der Waals surface area contributed by atoms with Crippen molar-refractivity contribution in [3.8, 4) is 0 Å². The molecule has 2 N–H and O–H groups in total. The van der Waals surface area contributed by atoms with Gasteiger partial charge in [0, 0.05) is 17.9 Å². The van der Waals surface area contributed by atoms with Crippen molar-refractivity contribution in [2.45, 2.75) is 32.0 Å². The van der Waals surface area contributed by atoms with Crippen molar-refractivity contribution in [3.05, 3.63) is 22.6 Å². The first kappa shape index (κ1) is 10.2. The maximum absolute atomic E-state index is 14.6. The van der Waals surface area contributed by atoms with Crippen molar-refractivity contribution in [2.75, 3.05) is 0 Å². The molecule has 2 rings (SSSR count). The molecule has 0 aromatic carbocycles. The quantitative estimate of drug-likeness (QED) is 0.845. The Kier molecular flexibility index (Phi) is 2.05. The number of rotatable bonds is 1. The van der Waals surface area contributed by atoms with Crippen molar-refractivity contribution in [3.63, 3.8) is 0 Å². The molecule has 0 bridgehead atoms. The van der Waals surface area contributed by atoms with Crippen LogP contribution in [-0.2, 0) is 5.67 Å². The van der Waals surface area contributed by atoms with Crippen molar-refractivity contribution in [1.29, 1.82) is 0 Å². The molecule has 1 heterocycles. The molecule has 0 saturated heterocycles. The van der Waals surface area contributed by atoms with E-state index in [9.17, 15) is 4.39 Å². The van der Waals surface area contributed by atoms with Crippen molar-refractivity contribution < 1.29 is 8.81 Å². The van der Waals surface area contributed by atoms with Crippen LogP contribution in [0.1, 0.15) is 26.0 Å². The molecule has 2 unspecified atom stereocenters. The number of hydrogen-bond donors (Lipinski definition) is 1. The summed E-state index contributed by atoms with van der Waals surface area (Å²) >= 11 is 3.27. The van der Waals surface area contributed by atoms with Crippen LogP contribution in [0.5, 0.6) is 0 Å². The summed E-state index contributed by atoms with van der Waals surface area (Å²) in [5, 5.41) is 0. The van der Waals surface area contributed by atoms with Gasteiger partial charge in [-0.05, 0) is 22.0 Å². The molecule has 78 valence electrons. The third-order valence-corrected chi connectivity index (χ3v) is 4.05. The van der Waals surface area contributed by atoms with Gasteiger partial charge in [0.15, 0.2) is 11.4 Å². The van der Waals surface area contributed by atoms with Crippen molar-refractivity contribution >= 4 is 15.9 Å². The predicted molar refractivity (Wildman–Crippen MR) is 55.6 cm³/mol. The van der Waals surface area contributed by atoms with Crippen LogP contribution in [0.15, 0.2) is 21.2 Å². The minimum absolute atomic E-state index is 0.107. The Hall–Kier alpha value is -0.350. The number of halogens is 2. The summed E-state index contributed by atoms with van der Waals surface area (Å²) in [7, 11) is 0. The summed E-state index contributed by atoms with van der Waals surface area (Å²) in [5.41, 5.74) is 3.79. The topological polar surface area (TPSA) is 39.2 Å². The highest BCUT2D eigenvalue weighted by Gasteiger charge is 2.63. The van der Waals surface area contributed by atoms with Crippen LogP contribution in [0.3, 0.4) is 0 Å². The maximum atomic E-state index is 14.6. The van der Waals surface area contributed by atoms with Crippen molar-refractivity contribution in [2.24, 2.45) is 11.1 Å². The lowest BCUT2D eigenvalue weighted by Crippen LogP contribution is -2.62. The van der Waals surface area contributed by atoms with Crippen LogP contribution < -0.4 is 5.73 Å². The van der Waals surface area contributed by atoms with Gasteiger partial charge in [0.05, 0.1) is 10.7 Å². The lowest BCUT2D eigenvalue weighted by molar-refractivity contribution is -0.122. The van der Waals surface area contributed by atoms with E-state index in [0.29, 0.717) is 16.7 Å². The molecule has 0 aliphatic heterocycles. The Morgan fingerprint density at radius 3 is 2.64 bits per heavy atom. The molecule has 0 radical (unpaired) electrons. The number of alkyl halides is 1. The van der Waals surface area contributed by atoms with E-state index in [0.717, 1.165) is 0 Å². The maximum Gasteiger partial charge on any atom is 0.177 e. The van der Waals surface area contributed by atoms with E-state index in [2.05, 4.69) is 15.9 Å². The van der Waals surface area contributed by atoms with Crippen LogP contribution in [0.4, 0.5) is 4.39 Å². The molecule has 1 fully saturated rings. The van der Waals surface area contributed by atoms with Gasteiger partial charge in [0.1, 0.15) is 0 Å². The summed E-state index contributed by atoms with van der Waals surface area (Å²) < 4.78 is 20.4. The largest absolute Gasteiger partial charge is 0.465 e. The summed E-state index contributed by atoms with van der Waals surface area (Å²) in [5.74, 6) is 0.365. The molecule has 2 atom stereocenters. The normalized spacial score (nSPS) is 35.4. The fraction of sp³-hybridized carbons (Fsp3) is 0.600. The average Bonchev–Trinajstić information content (AvgIpc) is 2.51. The fourth-order valence-electron chi connectivity index (χ4n) is 1.95. The molecular formula is C10H13BrFNO. The van der Waals surface area contributed by atoms with E-state index in [1.165, 1.54) is 6.26 Å². The number of hydrogen-bond acceptors (Lipinski definition) is 2. The minimum Gasteiger partial charge on any atom is -0.465 e. The fourth-order valence-corrected chi connectivity index (χ4v) is 2.46. The minimum atomic E-state index is -1.44. The second kappa shape index (κ2) is 2.83. The van der Waals surface area contributed by atoms with Gasteiger partial charge in [-0.25, -0.2) is 4.39 Å². The van der Waals surface area contributed by atoms with E-state index in [1.807, 2.05) is 13.8 Å². The predicted octanol–water partition coefficient (Wildman–Crippen LogP) is 2.96. The standard InChI is InChI=1S/C10H13BrFNO/c1-9(2)7(13)5-10(9,12)8-6(11)3-4-14-8/h3-4,7H,5,13H2,1-2H3. The smallest absolute Gasteiger partial charge is 0.177 e. The molecule has 4 heteroatoms. The molecule has 14 heavy (non-hydrogen) atoms. The van der Waals surface area contributed by atoms with Gasteiger partial charge in [-0.2, -0.15) is 0 Å². The third kappa shape index (κ3) is 1.04. The van der Waals surface area contributed by atoms with Gasteiger partial charge in [-0.1, -0.05) is 13.8 Å². The Labute approximate surface area is 90.8 Å². The monoisotopic (exact) mass is 261 g/mol. The zero-order chi connectivity index (χ0) is 10.6. The Morgan fingerprint density at radius 2 is 2.29 bits per heavy atom. The van der Waals surface area contributed by atoms with E-state index in [-0.39, 0.29) is 6.04 Å². The summed E-state index contributed by atoms with van der Waals surface area (Å²) in [6.07, 6.45) is 1.81. The first-order valence-electron chi connectivity index (χ1n) is 4.57. The highest BCUT2D eigenvalue weighted by Crippen LogP contribution is 2.59. The Balaban J connectivity index is 2.41. The highest BCUT2D eigenvalue weighted by molar-refractivity contribution is 9.10. The van der Waals surface area contributed by atoms with Gasteiger partial charge < -0.3 is 10.2 Å². The Bertz CT molecular complexity index is 363. The average molecular weight is 262 g/mol. The van der Waals surface area contributed by atoms with Crippen LogP contribution in [0, 0.1) is 5.41 Å². The molecule has 2 nitrogen and oxygen atoms in total. The molecule has 1 aliphatic carbocycles. The number of nitrogens with two attached hydrogens (primary N) is 1. The molecule has 1 aromatic heterocycles. The number of furan rings is 1. The molecule has 0 amide bonds. The summed E-state index contributed by atoms with van der Waals surface area (Å²) in [4.78, 5) is 0. The second-order valence-corrected chi connectivity index (χ2v) is 5.29. The van der Waals surface area contributed by atoms with Crippen LogP contribution in [0.2, 0.25) is 0 Å². The molecule has 1 aromatic rings. The van der Waals surface area contributed by atoms with Crippen LogP contribution >= 0.6 is 15.9 Å². The molecule has 0 spiro atoms. The first-order valence-corrected chi connectivity index (χ1v) is 5.37. The van der Waals surface area contributed by atoms with E-state index >= 15 is 0 Å². The Morgan fingerprint density at radius 1 is 1.64 bits per heavy atom. The second-order valence-electron chi connectivity index (χ2n) is 4.43. The van der Waals surface area contributed by atoms with Crippen molar-refractivity contribution in [1.82, 2.24) is 0 Å². The van der Waals surface area contributed by atoms with Crippen LogP contribution in [-0.4, -0.2) is 6.04 Å². The van der Waals surface area contributed by atoms with Gasteiger partial charge in [-0.3, -0.25) is 0 Å². The van der Waals surface area contributed by atoms with Gasteiger partial charge >= 0.3 is 0 Å². The van der Waals surface area contributed by atoms with E-state index in [1.54, 1.807) is 6.07 Å². The lowest BCUT2D eigenvalue weighted by atomic mass is 9.56. The van der Waals surface area contributed by atoms with Crippen LogP contribution in [0.25, 0.3) is 0 Å². The highest BCUT2D eigenvalue weighted by atomic mass is 79.9. The van der Waals surface area contributed by atoms with Gasteiger partial charge in [0.2, 0.25) is 0 Å². The van der Waals surface area contributed by atoms with Gasteiger partial charge in [-0.15, -0.1) is 0 Å². The SMILES string of the molecule is CC1(C)C(N)CC1(F)c1occc1Br. The molecular weight excluding hydrogens is 249 g/mol. The molecule has 1 aliphatic rings. The van der Waals surface area contributed by atoms with Gasteiger partial charge in [0.25, 0.3) is 0 Å². The third-order valence-electron chi connectivity index (χ3n) is 3.43. The van der Waals surface area contributed by atoms with E-state index < -0.39 is 11.1 Å². The van der Waals surface area contributed by atoms with E-state index in [4.69, 9.17) is 10.2 Å². The zero-order valence-electron chi connectivity index (χ0n) is 8.18. The summed E-state index contributed by atoms with van der Waals surface area (Å²) in [6, 6.07) is 1.60.